The molecule has 0 saturated heterocycles. The lowest BCUT2D eigenvalue weighted by molar-refractivity contribution is -0.130. The van der Waals surface area contributed by atoms with Gasteiger partial charge in [-0.2, -0.15) is 0 Å². The number of amides is 2. The van der Waals surface area contributed by atoms with E-state index in [4.69, 9.17) is 20.8 Å². The van der Waals surface area contributed by atoms with Crippen LogP contribution in [-0.2, 0) is 4.79 Å². The number of likely N-dealkylation sites (N-methyl/N-ethyl adjacent to an activating group) is 1. The van der Waals surface area contributed by atoms with Crippen LogP contribution in [0.3, 0.4) is 0 Å². The third-order valence-corrected chi connectivity index (χ3v) is 3.44. The van der Waals surface area contributed by atoms with Crippen molar-refractivity contribution in [1.82, 2.24) is 4.90 Å². The Hall–Kier alpha value is -2.47. The topological polar surface area (TPSA) is 71.8 Å². The molecule has 2 aromatic rings. The second kappa shape index (κ2) is 7.19. The molecule has 6 nitrogen and oxygen atoms in total. The molecule has 23 heavy (non-hydrogen) atoms. The zero-order valence-corrected chi connectivity index (χ0v) is 13.8. The number of furan rings is 1. The minimum atomic E-state index is -0.288. The molecule has 1 aromatic heterocycles. The first kappa shape index (κ1) is 16.9. The largest absolute Gasteiger partial charge is 0.482 e. The molecular weight excluding hydrogens is 320 g/mol. The Kier molecular flexibility index (Phi) is 5.28. The van der Waals surface area contributed by atoms with Gasteiger partial charge in [0.25, 0.3) is 11.8 Å². The van der Waals surface area contributed by atoms with Gasteiger partial charge in [0.05, 0.1) is 16.8 Å². The number of nitrogens with one attached hydrogen (secondary N) is 1. The summed E-state index contributed by atoms with van der Waals surface area (Å²) in [5.41, 5.74) is 0.977. The third-order valence-electron chi connectivity index (χ3n) is 3.14. The molecule has 0 bridgehead atoms. The van der Waals surface area contributed by atoms with Crippen molar-refractivity contribution in [3.05, 3.63) is 46.9 Å². The maximum atomic E-state index is 12.1. The Bertz CT molecular complexity index is 725. The molecule has 0 aliphatic carbocycles. The van der Waals surface area contributed by atoms with Crippen molar-refractivity contribution < 1.29 is 18.7 Å². The number of nitrogens with zero attached hydrogens (tertiary/aromatic N) is 1. The van der Waals surface area contributed by atoms with E-state index in [-0.39, 0.29) is 18.4 Å². The Morgan fingerprint density at radius 3 is 2.61 bits per heavy atom. The smallest absolute Gasteiger partial charge is 0.259 e. The molecule has 0 aliphatic heterocycles. The van der Waals surface area contributed by atoms with E-state index in [1.54, 1.807) is 45.3 Å². The van der Waals surface area contributed by atoms with E-state index in [0.717, 1.165) is 0 Å². The van der Waals surface area contributed by atoms with Crippen molar-refractivity contribution in [2.24, 2.45) is 0 Å². The van der Waals surface area contributed by atoms with E-state index in [1.165, 1.54) is 11.2 Å². The quantitative estimate of drug-likeness (QED) is 0.911. The van der Waals surface area contributed by atoms with Gasteiger partial charge >= 0.3 is 0 Å². The Balaban J connectivity index is 2.03. The molecule has 0 saturated carbocycles. The minimum Gasteiger partial charge on any atom is -0.482 e. The number of carbonyl (C=O) groups is 2. The number of rotatable bonds is 5. The highest BCUT2D eigenvalue weighted by Crippen LogP contribution is 2.28. The number of aryl methyl sites for hydroxylation is 1. The molecule has 2 rings (SSSR count). The Morgan fingerprint density at radius 2 is 2.04 bits per heavy atom. The van der Waals surface area contributed by atoms with E-state index in [9.17, 15) is 9.59 Å². The summed E-state index contributed by atoms with van der Waals surface area (Å²) in [6, 6.07) is 6.40. The van der Waals surface area contributed by atoms with Crippen LogP contribution in [0.2, 0.25) is 5.02 Å². The van der Waals surface area contributed by atoms with E-state index in [0.29, 0.717) is 27.8 Å². The van der Waals surface area contributed by atoms with Crippen molar-refractivity contribution in [3.8, 4) is 5.75 Å². The van der Waals surface area contributed by atoms with Crippen molar-refractivity contribution in [3.63, 3.8) is 0 Å². The van der Waals surface area contributed by atoms with Gasteiger partial charge in [-0.1, -0.05) is 11.6 Å². The van der Waals surface area contributed by atoms with Crippen LogP contribution in [0.25, 0.3) is 0 Å². The Morgan fingerprint density at radius 1 is 1.30 bits per heavy atom. The monoisotopic (exact) mass is 336 g/mol. The van der Waals surface area contributed by atoms with Crippen LogP contribution in [0.1, 0.15) is 16.1 Å². The van der Waals surface area contributed by atoms with E-state index in [1.807, 2.05) is 0 Å². The first-order valence-corrected chi connectivity index (χ1v) is 7.24. The fourth-order valence-electron chi connectivity index (χ4n) is 1.78. The number of benzene rings is 1. The van der Waals surface area contributed by atoms with E-state index in [2.05, 4.69) is 5.32 Å². The average molecular weight is 337 g/mol. The summed E-state index contributed by atoms with van der Waals surface area (Å²) in [4.78, 5) is 25.0. The van der Waals surface area contributed by atoms with Gasteiger partial charge in [-0.15, -0.1) is 0 Å². The third kappa shape index (κ3) is 4.26. The van der Waals surface area contributed by atoms with Crippen molar-refractivity contribution in [1.29, 1.82) is 0 Å². The van der Waals surface area contributed by atoms with Crippen molar-refractivity contribution in [2.45, 2.75) is 6.92 Å². The summed E-state index contributed by atoms with van der Waals surface area (Å²) in [7, 11) is 3.29. The molecule has 0 spiro atoms. The van der Waals surface area contributed by atoms with Gasteiger partial charge in [0.1, 0.15) is 11.5 Å². The van der Waals surface area contributed by atoms with Crippen molar-refractivity contribution in [2.75, 3.05) is 26.0 Å². The zero-order valence-electron chi connectivity index (χ0n) is 13.1. The summed E-state index contributed by atoms with van der Waals surface area (Å²) >= 11 is 6.11. The molecule has 7 heteroatoms. The predicted molar refractivity (Wildman–Crippen MR) is 87.0 cm³/mol. The molecule has 0 unspecified atom stereocenters. The highest BCUT2D eigenvalue weighted by Gasteiger charge is 2.13. The first-order chi connectivity index (χ1) is 10.9. The second-order valence-electron chi connectivity index (χ2n) is 5.07. The fraction of sp³-hybridized carbons (Fsp3) is 0.250. The van der Waals surface area contributed by atoms with Gasteiger partial charge in [-0.05, 0) is 31.2 Å². The molecule has 1 aromatic carbocycles. The van der Waals surface area contributed by atoms with Gasteiger partial charge in [0.2, 0.25) is 0 Å². The summed E-state index contributed by atoms with van der Waals surface area (Å²) in [5.74, 6) is 0.452. The maximum absolute atomic E-state index is 12.1. The minimum absolute atomic E-state index is 0.105. The van der Waals surface area contributed by atoms with Crippen molar-refractivity contribution >= 4 is 29.1 Å². The van der Waals surface area contributed by atoms with Crippen LogP contribution in [-0.4, -0.2) is 37.4 Å². The second-order valence-corrected chi connectivity index (χ2v) is 5.47. The molecule has 0 aliphatic rings. The van der Waals surface area contributed by atoms with Gasteiger partial charge in [0.15, 0.2) is 6.61 Å². The lowest BCUT2D eigenvalue weighted by atomic mass is 10.2. The number of halogens is 1. The summed E-state index contributed by atoms with van der Waals surface area (Å²) in [6.45, 7) is 1.60. The highest BCUT2D eigenvalue weighted by atomic mass is 35.5. The molecule has 2 amide bonds. The lowest BCUT2D eigenvalue weighted by Gasteiger charge is -2.13. The fourth-order valence-corrected chi connectivity index (χ4v) is 2.02. The summed E-state index contributed by atoms with van der Waals surface area (Å²) in [6.07, 6.45) is 1.45. The van der Waals surface area contributed by atoms with Crippen LogP contribution < -0.4 is 10.1 Å². The molecule has 1 N–H and O–H groups in total. The molecular formula is C16H17ClN2O4. The van der Waals surface area contributed by atoms with Crippen LogP contribution in [0.5, 0.6) is 5.75 Å². The van der Waals surface area contributed by atoms with Gasteiger partial charge in [-0.3, -0.25) is 9.59 Å². The highest BCUT2D eigenvalue weighted by molar-refractivity contribution is 6.32. The number of carbonyl (C=O) groups excluding carboxylic acids is 2. The van der Waals surface area contributed by atoms with Gasteiger partial charge in [0, 0.05) is 19.8 Å². The van der Waals surface area contributed by atoms with Crippen LogP contribution in [0, 0.1) is 6.92 Å². The number of anilines is 1. The van der Waals surface area contributed by atoms with E-state index < -0.39 is 0 Å². The number of hydrogen-bond acceptors (Lipinski definition) is 4. The maximum Gasteiger partial charge on any atom is 0.259 e. The normalized spacial score (nSPS) is 10.3. The molecule has 0 atom stereocenters. The van der Waals surface area contributed by atoms with E-state index >= 15 is 0 Å². The van der Waals surface area contributed by atoms with Crippen LogP contribution in [0.4, 0.5) is 5.69 Å². The average Bonchev–Trinajstić information content (AvgIpc) is 2.92. The predicted octanol–water partition coefficient (Wildman–Crippen LogP) is 2.96. The van der Waals surface area contributed by atoms with Crippen LogP contribution >= 0.6 is 11.6 Å². The van der Waals surface area contributed by atoms with Crippen LogP contribution in [0.15, 0.2) is 34.9 Å². The summed E-state index contributed by atoms with van der Waals surface area (Å²) in [5, 5.41) is 3.03. The standard InChI is InChI=1S/C16H17ClN2O4/c1-10-12(6-7-22-10)16(21)18-11-4-5-14(13(17)8-11)23-9-15(20)19(2)3/h4-8H,9H2,1-3H3,(H,18,21). The lowest BCUT2D eigenvalue weighted by Crippen LogP contribution is -2.27. The first-order valence-electron chi connectivity index (χ1n) is 6.86. The SMILES string of the molecule is Cc1occc1C(=O)Nc1ccc(OCC(=O)N(C)C)c(Cl)c1. The molecule has 0 fully saturated rings. The zero-order chi connectivity index (χ0) is 17.0. The number of hydrogen-bond donors (Lipinski definition) is 1. The molecule has 122 valence electrons. The van der Waals surface area contributed by atoms with Gasteiger partial charge in [-0.25, -0.2) is 0 Å². The Labute approximate surface area is 139 Å². The van der Waals surface area contributed by atoms with Gasteiger partial charge < -0.3 is 19.4 Å². The molecule has 0 radical (unpaired) electrons. The summed E-state index contributed by atoms with van der Waals surface area (Å²) < 4.78 is 10.5. The number of ether oxygens (including phenoxy) is 1. The molecule has 1 heterocycles.